The molecule has 0 saturated heterocycles. The Labute approximate surface area is 120 Å². The zero-order valence-electron chi connectivity index (χ0n) is 12.0. The van der Waals surface area contributed by atoms with Crippen molar-refractivity contribution in [2.75, 3.05) is 18.1 Å². The summed E-state index contributed by atoms with van der Waals surface area (Å²) in [7, 11) is 0. The van der Waals surface area contributed by atoms with Gasteiger partial charge in [-0.1, -0.05) is 19.8 Å². The third-order valence-corrected chi connectivity index (χ3v) is 5.87. The van der Waals surface area contributed by atoms with Crippen LogP contribution in [-0.4, -0.2) is 34.7 Å². The molecule has 19 heavy (non-hydrogen) atoms. The van der Waals surface area contributed by atoms with Crippen molar-refractivity contribution >= 4 is 17.7 Å². The molecule has 0 heterocycles. The van der Waals surface area contributed by atoms with Crippen LogP contribution in [0.5, 0.6) is 0 Å². The van der Waals surface area contributed by atoms with Gasteiger partial charge in [0.05, 0.1) is 0 Å². The summed E-state index contributed by atoms with van der Waals surface area (Å²) in [5.74, 6) is 2.44. The summed E-state index contributed by atoms with van der Waals surface area (Å²) >= 11 is 1.86. The van der Waals surface area contributed by atoms with Crippen molar-refractivity contribution in [3.05, 3.63) is 0 Å². The van der Waals surface area contributed by atoms with Gasteiger partial charge in [0.1, 0.15) is 5.54 Å². The smallest absolute Gasteiger partial charge is 0.325 e. The quantitative estimate of drug-likeness (QED) is 0.683. The molecule has 0 aliphatic heterocycles. The van der Waals surface area contributed by atoms with E-state index in [0.29, 0.717) is 5.92 Å². The van der Waals surface area contributed by atoms with E-state index < -0.39 is 11.5 Å². The van der Waals surface area contributed by atoms with Crippen LogP contribution in [0.25, 0.3) is 0 Å². The molecule has 0 amide bonds. The normalized spacial score (nSPS) is 23.4. The number of rotatable bonds is 9. The topological polar surface area (TPSA) is 49.3 Å². The van der Waals surface area contributed by atoms with Crippen LogP contribution in [0, 0.1) is 11.8 Å². The molecule has 2 rings (SSSR count). The SMILES string of the molecule is CCCNC(CSCC1CCCC1)(C(=O)O)C1CC1. The number of carboxylic acid groups (broad SMARTS) is 1. The molecule has 4 heteroatoms. The van der Waals surface area contributed by atoms with E-state index in [-0.39, 0.29) is 0 Å². The van der Waals surface area contributed by atoms with Gasteiger partial charge in [-0.05, 0) is 56.2 Å². The second-order valence-electron chi connectivity index (χ2n) is 6.14. The lowest BCUT2D eigenvalue weighted by Crippen LogP contribution is -2.56. The van der Waals surface area contributed by atoms with Crippen LogP contribution in [0.1, 0.15) is 51.9 Å². The maximum absolute atomic E-state index is 11.8. The largest absolute Gasteiger partial charge is 0.480 e. The predicted octanol–water partition coefficient (Wildman–Crippen LogP) is 3.14. The standard InChI is InChI=1S/C15H27NO2S/c1-2-9-16-15(14(17)18,13-7-8-13)11-19-10-12-5-3-4-6-12/h12-13,16H,2-11H2,1H3,(H,17,18). The highest BCUT2D eigenvalue weighted by Crippen LogP contribution is 2.42. The Morgan fingerprint density at radius 2 is 2.00 bits per heavy atom. The van der Waals surface area contributed by atoms with Gasteiger partial charge in [0, 0.05) is 5.75 Å². The summed E-state index contributed by atoms with van der Waals surface area (Å²) in [6.45, 7) is 2.91. The minimum atomic E-state index is -0.653. The van der Waals surface area contributed by atoms with E-state index in [9.17, 15) is 9.90 Å². The van der Waals surface area contributed by atoms with Crippen LogP contribution in [-0.2, 0) is 4.79 Å². The fourth-order valence-corrected chi connectivity index (χ4v) is 4.68. The number of nitrogens with one attached hydrogen (secondary N) is 1. The number of thioether (sulfide) groups is 1. The molecule has 2 aliphatic carbocycles. The zero-order valence-corrected chi connectivity index (χ0v) is 12.8. The fraction of sp³-hybridized carbons (Fsp3) is 0.933. The molecule has 1 atom stereocenters. The van der Waals surface area contributed by atoms with E-state index in [2.05, 4.69) is 12.2 Å². The first-order chi connectivity index (χ1) is 9.19. The van der Waals surface area contributed by atoms with Crippen molar-refractivity contribution in [3.63, 3.8) is 0 Å². The van der Waals surface area contributed by atoms with Gasteiger partial charge in [-0.15, -0.1) is 0 Å². The highest BCUT2D eigenvalue weighted by Gasteiger charge is 2.50. The average Bonchev–Trinajstić information content (AvgIpc) is 3.11. The Morgan fingerprint density at radius 3 is 2.53 bits per heavy atom. The van der Waals surface area contributed by atoms with Crippen molar-refractivity contribution < 1.29 is 9.90 Å². The van der Waals surface area contributed by atoms with Crippen molar-refractivity contribution in [3.8, 4) is 0 Å². The lowest BCUT2D eigenvalue weighted by Gasteiger charge is -2.31. The summed E-state index contributed by atoms with van der Waals surface area (Å²) in [6, 6.07) is 0. The van der Waals surface area contributed by atoms with E-state index in [1.54, 1.807) is 0 Å². The minimum Gasteiger partial charge on any atom is -0.480 e. The lowest BCUT2D eigenvalue weighted by atomic mass is 9.95. The highest BCUT2D eigenvalue weighted by molar-refractivity contribution is 7.99. The molecule has 0 bridgehead atoms. The molecular weight excluding hydrogens is 258 g/mol. The molecule has 2 saturated carbocycles. The molecule has 0 aromatic rings. The molecule has 3 nitrogen and oxygen atoms in total. The van der Waals surface area contributed by atoms with Crippen LogP contribution in [0.2, 0.25) is 0 Å². The van der Waals surface area contributed by atoms with Crippen LogP contribution >= 0.6 is 11.8 Å². The van der Waals surface area contributed by atoms with E-state index in [0.717, 1.165) is 43.2 Å². The monoisotopic (exact) mass is 285 g/mol. The van der Waals surface area contributed by atoms with Gasteiger partial charge in [-0.25, -0.2) is 0 Å². The van der Waals surface area contributed by atoms with E-state index in [1.807, 2.05) is 11.8 Å². The van der Waals surface area contributed by atoms with Crippen LogP contribution in [0.4, 0.5) is 0 Å². The third-order valence-electron chi connectivity index (χ3n) is 4.50. The Morgan fingerprint density at radius 1 is 1.32 bits per heavy atom. The summed E-state index contributed by atoms with van der Waals surface area (Å²) in [4.78, 5) is 11.8. The number of carbonyl (C=O) groups is 1. The molecule has 0 spiro atoms. The first-order valence-corrected chi connectivity index (χ1v) is 8.90. The molecule has 0 aromatic heterocycles. The second-order valence-corrected chi connectivity index (χ2v) is 7.17. The van der Waals surface area contributed by atoms with Gasteiger partial charge in [-0.3, -0.25) is 4.79 Å². The van der Waals surface area contributed by atoms with Crippen molar-refractivity contribution in [2.45, 2.75) is 57.4 Å². The van der Waals surface area contributed by atoms with Crippen molar-refractivity contribution in [1.82, 2.24) is 5.32 Å². The van der Waals surface area contributed by atoms with Crippen molar-refractivity contribution in [2.24, 2.45) is 11.8 Å². The van der Waals surface area contributed by atoms with E-state index in [1.165, 1.54) is 25.7 Å². The van der Waals surface area contributed by atoms with Crippen LogP contribution in [0.3, 0.4) is 0 Å². The number of hydrogen-bond donors (Lipinski definition) is 2. The third kappa shape index (κ3) is 3.88. The molecule has 2 fully saturated rings. The average molecular weight is 285 g/mol. The van der Waals surface area contributed by atoms with E-state index in [4.69, 9.17) is 0 Å². The number of aliphatic carboxylic acids is 1. The second kappa shape index (κ2) is 6.98. The van der Waals surface area contributed by atoms with Gasteiger partial charge < -0.3 is 10.4 Å². The zero-order chi connectivity index (χ0) is 13.7. The molecule has 2 N–H and O–H groups in total. The Balaban J connectivity index is 1.86. The molecule has 2 aliphatic rings. The van der Waals surface area contributed by atoms with Crippen LogP contribution in [0.15, 0.2) is 0 Å². The maximum Gasteiger partial charge on any atom is 0.325 e. The maximum atomic E-state index is 11.8. The molecular formula is C15H27NO2S. The van der Waals surface area contributed by atoms with Crippen LogP contribution < -0.4 is 5.32 Å². The summed E-state index contributed by atoms with van der Waals surface area (Å²) < 4.78 is 0. The first-order valence-electron chi connectivity index (χ1n) is 7.75. The molecule has 1 unspecified atom stereocenters. The first kappa shape index (κ1) is 15.2. The number of carboxylic acids is 1. The summed E-state index contributed by atoms with van der Waals surface area (Å²) in [6.07, 6.45) is 8.57. The summed E-state index contributed by atoms with van der Waals surface area (Å²) in [5.41, 5.74) is -0.653. The molecule has 0 aromatic carbocycles. The van der Waals surface area contributed by atoms with Gasteiger partial charge in [0.2, 0.25) is 0 Å². The lowest BCUT2D eigenvalue weighted by molar-refractivity contribution is -0.144. The molecule has 0 radical (unpaired) electrons. The van der Waals surface area contributed by atoms with Gasteiger partial charge >= 0.3 is 5.97 Å². The van der Waals surface area contributed by atoms with E-state index >= 15 is 0 Å². The Kier molecular flexibility index (Phi) is 5.58. The Bertz CT molecular complexity index is 301. The molecule has 110 valence electrons. The summed E-state index contributed by atoms with van der Waals surface area (Å²) in [5, 5.41) is 13.0. The Hall–Kier alpha value is -0.220. The number of hydrogen-bond acceptors (Lipinski definition) is 3. The van der Waals surface area contributed by atoms with Crippen molar-refractivity contribution in [1.29, 1.82) is 0 Å². The van der Waals surface area contributed by atoms with Gasteiger partial charge in [0.15, 0.2) is 0 Å². The fourth-order valence-electron chi connectivity index (χ4n) is 3.11. The van der Waals surface area contributed by atoms with Gasteiger partial charge in [-0.2, -0.15) is 11.8 Å². The minimum absolute atomic E-state index is 0.354. The highest BCUT2D eigenvalue weighted by atomic mass is 32.2. The van der Waals surface area contributed by atoms with Gasteiger partial charge in [0.25, 0.3) is 0 Å². The predicted molar refractivity (Wildman–Crippen MR) is 80.7 cm³/mol.